The Morgan fingerprint density at radius 1 is 0.744 bits per heavy atom. The Hall–Kier alpha value is -2.50. The Morgan fingerprint density at radius 3 is 1.79 bits per heavy atom. The summed E-state index contributed by atoms with van der Waals surface area (Å²) >= 11 is 0.245. The molecular formula is C34H38O3SeSi. The van der Waals surface area contributed by atoms with Crippen LogP contribution in [0.2, 0.25) is 9.85 Å². The SMILES string of the molecule is CC(C)(C)[Si](OC[C@H]1OC[C@@H]([Se]c2ccccc2)[C@H]1OCc1ccccc1)(c1ccccc1)c1ccccc1. The molecule has 0 N–H and O–H groups in total. The van der Waals surface area contributed by atoms with Gasteiger partial charge in [-0.1, -0.05) is 0 Å². The minimum absolute atomic E-state index is 0.0244. The van der Waals surface area contributed by atoms with Gasteiger partial charge in [0.15, 0.2) is 0 Å². The summed E-state index contributed by atoms with van der Waals surface area (Å²) in [4.78, 5) is 0.330. The van der Waals surface area contributed by atoms with Crippen LogP contribution in [0.3, 0.4) is 0 Å². The molecule has 3 atom stereocenters. The molecule has 0 bridgehead atoms. The van der Waals surface area contributed by atoms with Gasteiger partial charge in [-0.05, 0) is 0 Å². The van der Waals surface area contributed by atoms with E-state index in [1.165, 1.54) is 20.4 Å². The van der Waals surface area contributed by atoms with Gasteiger partial charge in [0.2, 0.25) is 0 Å². The van der Waals surface area contributed by atoms with Gasteiger partial charge in [0.25, 0.3) is 0 Å². The molecule has 39 heavy (non-hydrogen) atoms. The van der Waals surface area contributed by atoms with Crippen molar-refractivity contribution >= 4 is 38.1 Å². The van der Waals surface area contributed by atoms with Gasteiger partial charge in [0, 0.05) is 0 Å². The van der Waals surface area contributed by atoms with Crippen molar-refractivity contribution < 1.29 is 13.9 Å². The van der Waals surface area contributed by atoms with Gasteiger partial charge in [-0.2, -0.15) is 0 Å². The van der Waals surface area contributed by atoms with E-state index in [9.17, 15) is 0 Å². The van der Waals surface area contributed by atoms with Gasteiger partial charge in [0.05, 0.1) is 0 Å². The van der Waals surface area contributed by atoms with E-state index in [1.54, 1.807) is 0 Å². The second kappa shape index (κ2) is 12.8. The van der Waals surface area contributed by atoms with E-state index in [1.807, 2.05) is 6.07 Å². The van der Waals surface area contributed by atoms with Crippen LogP contribution >= 0.6 is 0 Å². The van der Waals surface area contributed by atoms with Crippen LogP contribution < -0.4 is 14.8 Å². The first kappa shape index (κ1) is 28.0. The van der Waals surface area contributed by atoms with Crippen LogP contribution in [0.25, 0.3) is 0 Å². The molecule has 1 aliphatic rings. The van der Waals surface area contributed by atoms with Crippen LogP contribution in [0, 0.1) is 0 Å². The predicted molar refractivity (Wildman–Crippen MR) is 164 cm³/mol. The zero-order valence-electron chi connectivity index (χ0n) is 23.0. The van der Waals surface area contributed by atoms with Crippen LogP contribution in [0.4, 0.5) is 0 Å². The topological polar surface area (TPSA) is 27.7 Å². The third-order valence-electron chi connectivity index (χ3n) is 7.40. The Balaban J connectivity index is 1.43. The average molecular weight is 602 g/mol. The molecule has 5 heteroatoms. The molecule has 1 heterocycles. The molecule has 1 aliphatic heterocycles. The summed E-state index contributed by atoms with van der Waals surface area (Å²) in [5.41, 5.74) is 1.18. The summed E-state index contributed by atoms with van der Waals surface area (Å²) in [6, 6.07) is 42.9. The summed E-state index contributed by atoms with van der Waals surface area (Å²) in [5, 5.41) is 2.49. The van der Waals surface area contributed by atoms with Crippen LogP contribution in [0.1, 0.15) is 26.3 Å². The first-order chi connectivity index (χ1) is 19.0. The molecule has 0 saturated carbocycles. The van der Waals surface area contributed by atoms with Crippen LogP contribution in [0.5, 0.6) is 0 Å². The first-order valence-corrected chi connectivity index (χ1v) is 17.5. The first-order valence-electron chi connectivity index (χ1n) is 13.7. The molecular weight excluding hydrogens is 563 g/mol. The quantitative estimate of drug-likeness (QED) is 0.229. The molecule has 202 valence electrons. The zero-order chi connectivity index (χ0) is 27.1. The molecule has 4 aromatic rings. The maximum absolute atomic E-state index is 7.27. The number of benzene rings is 4. The second-order valence-corrected chi connectivity index (χ2v) is 18.1. The fourth-order valence-corrected chi connectivity index (χ4v) is 12.6. The Morgan fingerprint density at radius 2 is 1.26 bits per heavy atom. The zero-order valence-corrected chi connectivity index (χ0v) is 25.7. The van der Waals surface area contributed by atoms with Crippen molar-refractivity contribution in [1.82, 2.24) is 0 Å². The second-order valence-electron chi connectivity index (χ2n) is 11.1. The van der Waals surface area contributed by atoms with E-state index in [0.29, 0.717) is 24.6 Å². The average Bonchev–Trinajstić information content (AvgIpc) is 3.34. The third kappa shape index (κ3) is 6.46. The van der Waals surface area contributed by atoms with E-state index < -0.39 is 8.32 Å². The maximum atomic E-state index is 7.27. The van der Waals surface area contributed by atoms with Gasteiger partial charge >= 0.3 is 242 Å². The van der Waals surface area contributed by atoms with Crippen molar-refractivity contribution in [3.8, 4) is 0 Å². The molecule has 4 aromatic carbocycles. The van der Waals surface area contributed by atoms with Crippen molar-refractivity contribution in [2.75, 3.05) is 13.2 Å². The summed E-state index contributed by atoms with van der Waals surface area (Å²) in [6.45, 7) is 8.74. The van der Waals surface area contributed by atoms with Gasteiger partial charge in [-0.3, -0.25) is 0 Å². The van der Waals surface area contributed by atoms with Crippen molar-refractivity contribution in [3.05, 3.63) is 127 Å². The molecule has 1 fully saturated rings. The molecule has 0 aliphatic carbocycles. The van der Waals surface area contributed by atoms with Crippen molar-refractivity contribution in [2.24, 2.45) is 0 Å². The van der Waals surface area contributed by atoms with Gasteiger partial charge in [-0.25, -0.2) is 0 Å². The summed E-state index contributed by atoms with van der Waals surface area (Å²) in [7, 11) is -2.66. The van der Waals surface area contributed by atoms with Gasteiger partial charge in [-0.15, -0.1) is 0 Å². The molecule has 0 spiro atoms. The van der Waals surface area contributed by atoms with Crippen molar-refractivity contribution in [2.45, 2.75) is 49.4 Å². The molecule has 0 aromatic heterocycles. The van der Waals surface area contributed by atoms with E-state index in [-0.39, 0.29) is 32.2 Å². The normalized spacial score (nSPS) is 19.7. The molecule has 5 rings (SSSR count). The Kier molecular flexibility index (Phi) is 9.19. The summed E-state index contributed by atoms with van der Waals surface area (Å²) in [6.07, 6.45) is -0.144. The van der Waals surface area contributed by atoms with E-state index >= 15 is 0 Å². The number of hydrogen-bond donors (Lipinski definition) is 0. The van der Waals surface area contributed by atoms with Crippen LogP contribution in [0.15, 0.2) is 121 Å². The molecule has 0 unspecified atom stereocenters. The molecule has 0 radical (unpaired) electrons. The van der Waals surface area contributed by atoms with Crippen LogP contribution in [-0.4, -0.2) is 48.7 Å². The standard InChI is InChI=1S/C34H38O3SeSi/c1-34(2,3)39(29-20-12-6-13-21-29,30-22-14-7-15-23-30)37-25-31-33(36-24-27-16-8-4-9-17-27)32(26-35-31)38-28-18-10-5-11-19-28/h4-23,31-33H,24-26H2,1-3H3/t31-,32-,33+/m1/s1. The van der Waals surface area contributed by atoms with Gasteiger partial charge in [0.1, 0.15) is 0 Å². The predicted octanol–water partition coefficient (Wildman–Crippen LogP) is 5.37. The monoisotopic (exact) mass is 602 g/mol. The van der Waals surface area contributed by atoms with E-state index in [4.69, 9.17) is 13.9 Å². The molecule has 1 saturated heterocycles. The number of ether oxygens (including phenoxy) is 2. The van der Waals surface area contributed by atoms with E-state index in [2.05, 4.69) is 136 Å². The Bertz CT molecular complexity index is 1240. The minimum atomic E-state index is -2.66. The summed E-state index contributed by atoms with van der Waals surface area (Å²) in [5.74, 6) is 0. The summed E-state index contributed by atoms with van der Waals surface area (Å²) < 4.78 is 21.8. The fraction of sp³-hybridized carbons (Fsp3) is 0.294. The van der Waals surface area contributed by atoms with E-state index in [0.717, 1.165) is 0 Å². The van der Waals surface area contributed by atoms with Gasteiger partial charge < -0.3 is 0 Å². The van der Waals surface area contributed by atoms with Crippen molar-refractivity contribution in [3.63, 3.8) is 0 Å². The molecule has 0 amide bonds. The number of rotatable bonds is 10. The molecule has 3 nitrogen and oxygen atoms in total. The third-order valence-corrected chi connectivity index (χ3v) is 15.0. The number of hydrogen-bond acceptors (Lipinski definition) is 3. The Labute approximate surface area is 240 Å². The fourth-order valence-electron chi connectivity index (χ4n) is 5.52. The van der Waals surface area contributed by atoms with Crippen molar-refractivity contribution in [1.29, 1.82) is 0 Å². The van der Waals surface area contributed by atoms with Crippen LogP contribution in [-0.2, 0) is 20.5 Å².